The van der Waals surface area contributed by atoms with Crippen molar-refractivity contribution in [3.63, 3.8) is 0 Å². The molecule has 0 aliphatic heterocycles. The lowest BCUT2D eigenvalue weighted by atomic mass is 10.4. The molecule has 0 saturated carbocycles. The second-order valence-electron chi connectivity index (χ2n) is 1.71. The van der Waals surface area contributed by atoms with Gasteiger partial charge in [-0.3, -0.25) is 9.36 Å². The van der Waals surface area contributed by atoms with Crippen molar-refractivity contribution in [2.45, 2.75) is 12.8 Å². The zero-order chi connectivity index (χ0) is 8.04. The molecule has 0 aromatic rings. The van der Waals surface area contributed by atoms with Gasteiger partial charge in [0.1, 0.15) is 0 Å². The Morgan fingerprint density at radius 2 is 2.30 bits per heavy atom. The molecule has 1 atom stereocenters. The SMILES string of the molecule is NOP(=O)(O)CCC[C]=O. The summed E-state index contributed by atoms with van der Waals surface area (Å²) in [4.78, 5) is 18.2. The van der Waals surface area contributed by atoms with Gasteiger partial charge in [-0.2, -0.15) is 0 Å². The number of hydrogen-bond acceptors (Lipinski definition) is 4. The highest BCUT2D eigenvalue weighted by Gasteiger charge is 2.16. The Bertz CT molecular complexity index is 148. The summed E-state index contributed by atoms with van der Waals surface area (Å²) in [7, 11) is -3.60. The number of hydrogen-bond donors (Lipinski definition) is 2. The highest BCUT2D eigenvalue weighted by atomic mass is 31.2. The van der Waals surface area contributed by atoms with Crippen LogP contribution in [-0.4, -0.2) is 17.3 Å². The van der Waals surface area contributed by atoms with E-state index in [4.69, 9.17) is 4.89 Å². The van der Waals surface area contributed by atoms with Gasteiger partial charge in [-0.25, -0.2) is 10.5 Å². The van der Waals surface area contributed by atoms with Gasteiger partial charge in [0, 0.05) is 6.42 Å². The smallest absolute Gasteiger partial charge is 0.323 e. The summed E-state index contributed by atoms with van der Waals surface area (Å²) in [5.41, 5.74) is 0. The predicted molar refractivity (Wildman–Crippen MR) is 34.9 cm³/mol. The third-order valence-corrected chi connectivity index (χ3v) is 2.10. The Labute approximate surface area is 58.7 Å². The van der Waals surface area contributed by atoms with Gasteiger partial charge >= 0.3 is 7.60 Å². The molecule has 0 fully saturated rings. The van der Waals surface area contributed by atoms with E-state index in [1.54, 1.807) is 6.29 Å². The zero-order valence-corrected chi connectivity index (χ0v) is 6.21. The first-order valence-electron chi connectivity index (χ1n) is 2.67. The Morgan fingerprint density at radius 1 is 1.70 bits per heavy atom. The summed E-state index contributed by atoms with van der Waals surface area (Å²) in [5.74, 6) is 4.48. The highest BCUT2D eigenvalue weighted by Crippen LogP contribution is 2.40. The van der Waals surface area contributed by atoms with Gasteiger partial charge in [0.05, 0.1) is 6.16 Å². The van der Waals surface area contributed by atoms with Crippen LogP contribution in [0.5, 0.6) is 0 Å². The number of rotatable bonds is 5. The minimum Gasteiger partial charge on any atom is -0.323 e. The normalized spacial score (nSPS) is 16.2. The molecule has 1 radical (unpaired) electrons. The van der Waals surface area contributed by atoms with Gasteiger partial charge in [-0.15, -0.1) is 0 Å². The Hall–Kier alpha value is -0.220. The molecule has 3 N–H and O–H groups in total. The molecule has 1 unspecified atom stereocenters. The van der Waals surface area contributed by atoms with Crippen molar-refractivity contribution < 1.29 is 18.9 Å². The molecule has 0 amide bonds. The fraction of sp³-hybridized carbons (Fsp3) is 0.750. The lowest BCUT2D eigenvalue weighted by molar-refractivity contribution is 0.267. The number of carbonyl (C=O) groups excluding carboxylic acids is 1. The Morgan fingerprint density at radius 3 is 2.70 bits per heavy atom. The van der Waals surface area contributed by atoms with Crippen LogP contribution >= 0.6 is 7.60 Å². The van der Waals surface area contributed by atoms with Crippen molar-refractivity contribution in [1.29, 1.82) is 0 Å². The van der Waals surface area contributed by atoms with Gasteiger partial charge in [-0.05, 0) is 6.42 Å². The van der Waals surface area contributed by atoms with Crippen molar-refractivity contribution in [3.8, 4) is 0 Å². The van der Waals surface area contributed by atoms with Gasteiger partial charge in [0.25, 0.3) is 0 Å². The molecule has 0 bridgehead atoms. The van der Waals surface area contributed by atoms with Gasteiger partial charge in [0.2, 0.25) is 0 Å². The molecule has 0 saturated heterocycles. The van der Waals surface area contributed by atoms with Crippen LogP contribution < -0.4 is 5.90 Å². The molecule has 0 rings (SSSR count). The second-order valence-corrected chi connectivity index (χ2v) is 3.65. The van der Waals surface area contributed by atoms with Crippen LogP contribution in [0, 0.1) is 0 Å². The van der Waals surface area contributed by atoms with Crippen LogP contribution in [0.2, 0.25) is 0 Å². The second kappa shape index (κ2) is 4.57. The summed E-state index contributed by atoms with van der Waals surface area (Å²) >= 11 is 0. The summed E-state index contributed by atoms with van der Waals surface area (Å²) in [5, 5.41) is 0. The quantitative estimate of drug-likeness (QED) is 0.339. The van der Waals surface area contributed by atoms with E-state index in [0.717, 1.165) is 0 Å². The topological polar surface area (TPSA) is 89.6 Å². The summed E-state index contributed by atoms with van der Waals surface area (Å²) in [6, 6.07) is 0. The highest BCUT2D eigenvalue weighted by molar-refractivity contribution is 7.52. The van der Waals surface area contributed by atoms with Crippen LogP contribution in [0.4, 0.5) is 0 Å². The van der Waals surface area contributed by atoms with Crippen molar-refractivity contribution in [2.24, 2.45) is 5.90 Å². The van der Waals surface area contributed by atoms with E-state index in [9.17, 15) is 9.36 Å². The molecular weight excluding hydrogens is 157 g/mol. The van der Waals surface area contributed by atoms with Crippen LogP contribution in [0.1, 0.15) is 12.8 Å². The van der Waals surface area contributed by atoms with E-state index in [1.807, 2.05) is 0 Å². The maximum Gasteiger partial charge on any atom is 0.344 e. The average molecular weight is 166 g/mol. The molecule has 6 heteroatoms. The fourth-order valence-corrected chi connectivity index (χ4v) is 1.07. The largest absolute Gasteiger partial charge is 0.344 e. The summed E-state index contributed by atoms with van der Waals surface area (Å²) < 4.78 is 14.3. The van der Waals surface area contributed by atoms with Crippen molar-refractivity contribution in [2.75, 3.05) is 6.16 Å². The minimum absolute atomic E-state index is 0.0985. The molecular formula is C4H9NO4P. The monoisotopic (exact) mass is 166 g/mol. The lowest BCUT2D eigenvalue weighted by Crippen LogP contribution is -2.00. The van der Waals surface area contributed by atoms with E-state index in [-0.39, 0.29) is 19.0 Å². The van der Waals surface area contributed by atoms with E-state index >= 15 is 0 Å². The first-order chi connectivity index (χ1) is 4.62. The van der Waals surface area contributed by atoms with Crippen LogP contribution in [0.25, 0.3) is 0 Å². The maximum absolute atomic E-state index is 10.5. The van der Waals surface area contributed by atoms with Crippen LogP contribution in [0.15, 0.2) is 0 Å². The molecule has 0 aliphatic rings. The molecule has 59 valence electrons. The molecule has 0 heterocycles. The lowest BCUT2D eigenvalue weighted by Gasteiger charge is -2.04. The van der Waals surface area contributed by atoms with Crippen molar-refractivity contribution >= 4 is 13.9 Å². The van der Waals surface area contributed by atoms with Crippen LogP contribution in [-0.2, 0) is 14.0 Å². The third-order valence-electron chi connectivity index (χ3n) is 0.884. The molecule has 5 nitrogen and oxygen atoms in total. The van der Waals surface area contributed by atoms with E-state index in [0.29, 0.717) is 0 Å². The Balaban J connectivity index is 3.47. The molecule has 0 spiro atoms. The van der Waals surface area contributed by atoms with Crippen molar-refractivity contribution in [3.05, 3.63) is 0 Å². The molecule has 10 heavy (non-hydrogen) atoms. The van der Waals surface area contributed by atoms with Crippen molar-refractivity contribution in [1.82, 2.24) is 0 Å². The summed E-state index contributed by atoms with van der Waals surface area (Å²) in [6.07, 6.45) is 1.89. The predicted octanol–water partition coefficient (Wildman–Crippen LogP) is -0.0480. The van der Waals surface area contributed by atoms with Gasteiger partial charge < -0.3 is 4.89 Å². The average Bonchev–Trinajstić information content (AvgIpc) is 1.89. The van der Waals surface area contributed by atoms with E-state index < -0.39 is 7.60 Å². The standard InChI is InChI=1S/C4H9NO4P/c5-9-10(7,8)4-2-1-3-6/h1-2,4-5H2,(H,7,8). The minimum atomic E-state index is -3.60. The van der Waals surface area contributed by atoms with E-state index in [2.05, 4.69) is 10.5 Å². The van der Waals surface area contributed by atoms with Gasteiger partial charge in [-0.1, -0.05) is 0 Å². The first-order valence-corrected chi connectivity index (χ1v) is 4.44. The zero-order valence-electron chi connectivity index (χ0n) is 5.32. The molecule has 0 aromatic carbocycles. The Kier molecular flexibility index (Phi) is 4.47. The van der Waals surface area contributed by atoms with E-state index in [1.165, 1.54) is 0 Å². The summed E-state index contributed by atoms with van der Waals surface area (Å²) in [6.45, 7) is 0. The number of unbranched alkanes of at least 4 members (excludes halogenated alkanes) is 1. The first kappa shape index (κ1) is 9.78. The molecule has 0 aliphatic carbocycles. The third kappa shape index (κ3) is 4.64. The van der Waals surface area contributed by atoms with Gasteiger partial charge in [0.15, 0.2) is 6.29 Å². The number of nitrogens with two attached hydrogens (primary N) is 1. The fourth-order valence-electron chi connectivity index (χ4n) is 0.404. The maximum atomic E-state index is 10.5. The molecule has 0 aromatic heterocycles. The van der Waals surface area contributed by atoms with Crippen LogP contribution in [0.3, 0.4) is 0 Å².